The molecule has 0 nitrogen and oxygen atoms in total. The zero-order valence-corrected chi connectivity index (χ0v) is 12.3. The lowest BCUT2D eigenvalue weighted by atomic mass is 10.0. The van der Waals surface area contributed by atoms with Crippen LogP contribution in [0.3, 0.4) is 0 Å². The Morgan fingerprint density at radius 3 is 1.11 bits per heavy atom. The van der Waals surface area contributed by atoms with E-state index in [0.717, 1.165) is 11.1 Å². The number of rotatable bonds is 3. The van der Waals surface area contributed by atoms with Crippen LogP contribution < -0.4 is 0 Å². The van der Waals surface area contributed by atoms with Crippen LogP contribution >= 0.6 is 46.4 Å². The molecule has 2 rings (SSSR count). The molecule has 0 saturated heterocycles. The van der Waals surface area contributed by atoms with E-state index in [4.69, 9.17) is 46.4 Å². The first-order chi connectivity index (χ1) is 8.58. The Bertz CT molecular complexity index is 455. The molecule has 0 saturated carbocycles. The van der Waals surface area contributed by atoms with Gasteiger partial charge in [0.1, 0.15) is 0 Å². The topological polar surface area (TPSA) is 0 Å². The van der Waals surface area contributed by atoms with Crippen LogP contribution in [0.5, 0.6) is 0 Å². The normalized spacial score (nSPS) is 14.2. The first kappa shape index (κ1) is 14.0. The molecule has 0 bridgehead atoms. The van der Waals surface area contributed by atoms with Gasteiger partial charge in [0.2, 0.25) is 0 Å². The van der Waals surface area contributed by atoms with Crippen molar-refractivity contribution in [2.45, 2.75) is 10.8 Å². The van der Waals surface area contributed by atoms with Gasteiger partial charge in [-0.1, -0.05) is 47.5 Å². The third kappa shape index (κ3) is 3.33. The Balaban J connectivity index is 2.20. The second-order valence-electron chi connectivity index (χ2n) is 3.91. The van der Waals surface area contributed by atoms with Crippen LogP contribution in [0.1, 0.15) is 21.9 Å². The van der Waals surface area contributed by atoms with Crippen LogP contribution in [0.4, 0.5) is 0 Å². The number of hydrogen-bond donors (Lipinski definition) is 0. The smallest absolute Gasteiger partial charge is 0.0790 e. The first-order valence-electron chi connectivity index (χ1n) is 5.37. The molecule has 0 aliphatic heterocycles. The molecule has 2 aromatic carbocycles. The van der Waals surface area contributed by atoms with Gasteiger partial charge in [-0.15, -0.1) is 23.2 Å². The van der Waals surface area contributed by atoms with E-state index >= 15 is 0 Å². The molecule has 2 aromatic rings. The first-order valence-corrected chi connectivity index (χ1v) is 7.00. The zero-order chi connectivity index (χ0) is 13.1. The van der Waals surface area contributed by atoms with Gasteiger partial charge < -0.3 is 0 Å². The molecule has 4 heteroatoms. The van der Waals surface area contributed by atoms with Gasteiger partial charge in [0.05, 0.1) is 10.8 Å². The Morgan fingerprint density at radius 1 is 0.556 bits per heavy atom. The third-order valence-corrected chi connectivity index (χ3v) is 4.27. The molecule has 94 valence electrons. The monoisotopic (exact) mass is 318 g/mol. The van der Waals surface area contributed by atoms with E-state index in [-0.39, 0.29) is 10.8 Å². The van der Waals surface area contributed by atoms with Crippen molar-refractivity contribution in [2.75, 3.05) is 0 Å². The maximum Gasteiger partial charge on any atom is 0.0790 e. The summed E-state index contributed by atoms with van der Waals surface area (Å²) in [6.07, 6.45) is 0. The van der Waals surface area contributed by atoms with E-state index in [0.29, 0.717) is 10.0 Å². The van der Waals surface area contributed by atoms with E-state index in [1.807, 2.05) is 24.3 Å². The highest BCUT2D eigenvalue weighted by atomic mass is 35.5. The van der Waals surface area contributed by atoms with Crippen molar-refractivity contribution in [3.63, 3.8) is 0 Å². The average molecular weight is 320 g/mol. The van der Waals surface area contributed by atoms with Crippen molar-refractivity contribution in [3.8, 4) is 0 Å². The number of benzene rings is 2. The highest BCUT2D eigenvalue weighted by Crippen LogP contribution is 2.39. The predicted octanol–water partition coefficient (Wildman–Crippen LogP) is 6.25. The van der Waals surface area contributed by atoms with Gasteiger partial charge >= 0.3 is 0 Å². The third-order valence-electron chi connectivity index (χ3n) is 2.63. The molecule has 0 amide bonds. The quantitative estimate of drug-likeness (QED) is 0.586. The van der Waals surface area contributed by atoms with Gasteiger partial charge in [-0.2, -0.15) is 0 Å². The summed E-state index contributed by atoms with van der Waals surface area (Å²) in [5, 5.41) is 0.732. The molecule has 18 heavy (non-hydrogen) atoms. The Morgan fingerprint density at radius 2 is 0.833 bits per heavy atom. The summed E-state index contributed by atoms with van der Waals surface area (Å²) in [5.41, 5.74) is 1.88. The summed E-state index contributed by atoms with van der Waals surface area (Å²) in [5.74, 6) is 0. The second kappa shape index (κ2) is 6.16. The molecule has 0 radical (unpaired) electrons. The number of halogens is 4. The molecule has 0 aliphatic carbocycles. The SMILES string of the molecule is Clc1ccc(C(Cl)C(Cl)c2ccc(Cl)cc2)cc1. The summed E-state index contributed by atoms with van der Waals surface area (Å²) < 4.78 is 0. The molecule has 2 unspecified atom stereocenters. The molecular weight excluding hydrogens is 310 g/mol. The van der Waals surface area contributed by atoms with Crippen LogP contribution in [0, 0.1) is 0 Å². The van der Waals surface area contributed by atoms with E-state index in [1.54, 1.807) is 24.3 Å². The molecule has 0 heterocycles. The fourth-order valence-electron chi connectivity index (χ4n) is 1.63. The number of alkyl halides is 2. The van der Waals surface area contributed by atoms with E-state index in [9.17, 15) is 0 Å². The van der Waals surface area contributed by atoms with Crippen molar-refractivity contribution in [2.24, 2.45) is 0 Å². The fourth-order valence-corrected chi connectivity index (χ4v) is 2.47. The summed E-state index contributed by atoms with van der Waals surface area (Å²) in [7, 11) is 0. The lowest BCUT2D eigenvalue weighted by molar-refractivity contribution is 0.882. The summed E-state index contributed by atoms with van der Waals surface area (Å²) in [4.78, 5) is 0. The van der Waals surface area contributed by atoms with Crippen LogP contribution in [0.15, 0.2) is 48.5 Å². The minimum atomic E-state index is -0.315. The van der Waals surface area contributed by atoms with E-state index in [2.05, 4.69) is 0 Å². The number of hydrogen-bond acceptors (Lipinski definition) is 0. The molecular formula is C14H10Cl4. The molecule has 0 N–H and O–H groups in total. The van der Waals surface area contributed by atoms with E-state index < -0.39 is 0 Å². The van der Waals surface area contributed by atoms with Crippen LogP contribution in [-0.4, -0.2) is 0 Å². The summed E-state index contributed by atoms with van der Waals surface area (Å²) in [6, 6.07) is 14.7. The molecule has 2 atom stereocenters. The minimum absolute atomic E-state index is 0.315. The van der Waals surface area contributed by atoms with Gasteiger partial charge in [0.25, 0.3) is 0 Å². The van der Waals surface area contributed by atoms with Crippen molar-refractivity contribution in [1.82, 2.24) is 0 Å². The van der Waals surface area contributed by atoms with Crippen molar-refractivity contribution < 1.29 is 0 Å². The van der Waals surface area contributed by atoms with Gasteiger partial charge in [0, 0.05) is 10.0 Å². The largest absolute Gasteiger partial charge is 0.116 e. The Kier molecular flexibility index (Phi) is 4.80. The Labute approximate surface area is 126 Å². The van der Waals surface area contributed by atoms with Crippen molar-refractivity contribution >= 4 is 46.4 Å². The molecule has 0 aliphatic rings. The maximum absolute atomic E-state index is 6.38. The van der Waals surface area contributed by atoms with Gasteiger partial charge in [-0.25, -0.2) is 0 Å². The van der Waals surface area contributed by atoms with Crippen molar-refractivity contribution in [1.29, 1.82) is 0 Å². The predicted molar refractivity (Wildman–Crippen MR) is 80.1 cm³/mol. The summed E-state index contributed by atoms with van der Waals surface area (Å²) >= 11 is 24.4. The standard InChI is InChI=1S/C14H10Cl4/c15-11-5-1-9(2-6-11)13(17)14(18)10-3-7-12(16)8-4-10/h1-8,13-14H. The van der Waals surface area contributed by atoms with Crippen LogP contribution in [0.2, 0.25) is 10.0 Å². The minimum Gasteiger partial charge on any atom is -0.116 e. The average Bonchev–Trinajstić information content (AvgIpc) is 2.39. The van der Waals surface area contributed by atoms with Gasteiger partial charge in [-0.05, 0) is 35.4 Å². The lowest BCUT2D eigenvalue weighted by Gasteiger charge is -2.17. The zero-order valence-electron chi connectivity index (χ0n) is 9.29. The highest BCUT2D eigenvalue weighted by Gasteiger charge is 2.20. The van der Waals surface area contributed by atoms with Crippen LogP contribution in [0.25, 0.3) is 0 Å². The van der Waals surface area contributed by atoms with Crippen LogP contribution in [-0.2, 0) is 0 Å². The summed E-state index contributed by atoms with van der Waals surface area (Å²) in [6.45, 7) is 0. The lowest BCUT2D eigenvalue weighted by Crippen LogP contribution is -2.00. The fraction of sp³-hybridized carbons (Fsp3) is 0.143. The van der Waals surface area contributed by atoms with Gasteiger partial charge in [-0.3, -0.25) is 0 Å². The van der Waals surface area contributed by atoms with E-state index in [1.165, 1.54) is 0 Å². The second-order valence-corrected chi connectivity index (χ2v) is 5.72. The Hall–Kier alpha value is -0.400. The maximum atomic E-state index is 6.38. The molecule has 0 aromatic heterocycles. The highest BCUT2D eigenvalue weighted by molar-refractivity contribution is 6.31. The van der Waals surface area contributed by atoms with Gasteiger partial charge in [0.15, 0.2) is 0 Å². The van der Waals surface area contributed by atoms with Crippen molar-refractivity contribution in [3.05, 3.63) is 69.7 Å². The molecule has 0 spiro atoms. The molecule has 0 fully saturated rings.